The molecule has 2 heterocycles. The van der Waals surface area contributed by atoms with Crippen LogP contribution >= 0.6 is 15.9 Å². The first kappa shape index (κ1) is 11.9. The van der Waals surface area contributed by atoms with Gasteiger partial charge in [0.2, 0.25) is 0 Å². The maximum atomic E-state index is 11.8. The van der Waals surface area contributed by atoms with Crippen LogP contribution in [0.15, 0.2) is 47.3 Å². The van der Waals surface area contributed by atoms with Gasteiger partial charge in [-0.1, -0.05) is 6.07 Å². The van der Waals surface area contributed by atoms with Gasteiger partial charge in [-0.15, -0.1) is 0 Å². The van der Waals surface area contributed by atoms with Crippen molar-refractivity contribution in [2.75, 3.05) is 0 Å². The summed E-state index contributed by atoms with van der Waals surface area (Å²) < 4.78 is 0.876. The second kappa shape index (κ2) is 5.68. The van der Waals surface area contributed by atoms with E-state index in [1.165, 1.54) is 0 Å². The number of aromatic nitrogens is 2. The molecule has 4 heteroatoms. The van der Waals surface area contributed by atoms with E-state index in [1.54, 1.807) is 24.7 Å². The van der Waals surface area contributed by atoms with Crippen molar-refractivity contribution in [2.24, 2.45) is 0 Å². The Balaban J connectivity index is 1.96. The van der Waals surface area contributed by atoms with Gasteiger partial charge in [-0.25, -0.2) is 0 Å². The minimum Gasteiger partial charge on any atom is -0.292 e. The van der Waals surface area contributed by atoms with Crippen LogP contribution in [0.1, 0.15) is 22.5 Å². The first-order chi connectivity index (χ1) is 8.25. The summed E-state index contributed by atoms with van der Waals surface area (Å²) in [6.07, 6.45) is 6.30. The van der Waals surface area contributed by atoms with Crippen molar-refractivity contribution in [3.8, 4) is 0 Å². The fourth-order valence-electron chi connectivity index (χ4n) is 1.47. The molecule has 0 saturated heterocycles. The molecule has 0 amide bonds. The third-order valence-corrected chi connectivity index (χ3v) is 2.85. The number of hydrogen-bond acceptors (Lipinski definition) is 3. The number of hydrogen-bond donors (Lipinski definition) is 0. The molecule has 0 aliphatic rings. The lowest BCUT2D eigenvalue weighted by Gasteiger charge is -2.00. The van der Waals surface area contributed by atoms with Gasteiger partial charge in [0.05, 0.1) is 0 Å². The van der Waals surface area contributed by atoms with E-state index in [-0.39, 0.29) is 5.78 Å². The lowest BCUT2D eigenvalue weighted by atomic mass is 10.1. The van der Waals surface area contributed by atoms with Crippen molar-refractivity contribution < 1.29 is 4.79 Å². The van der Waals surface area contributed by atoms with Crippen LogP contribution in [-0.4, -0.2) is 15.8 Å². The van der Waals surface area contributed by atoms with Crippen LogP contribution in [0.5, 0.6) is 0 Å². The van der Waals surface area contributed by atoms with Gasteiger partial charge in [0, 0.05) is 29.5 Å². The molecule has 0 N–H and O–H groups in total. The largest absolute Gasteiger partial charge is 0.292 e. The van der Waals surface area contributed by atoms with E-state index < -0.39 is 0 Å². The molecule has 0 aliphatic carbocycles. The molecular weight excluding hydrogens is 280 g/mol. The zero-order valence-corrected chi connectivity index (χ0v) is 10.7. The van der Waals surface area contributed by atoms with E-state index >= 15 is 0 Å². The Hall–Kier alpha value is -1.55. The maximum absolute atomic E-state index is 11.8. The van der Waals surface area contributed by atoms with Crippen LogP contribution in [0, 0.1) is 0 Å². The molecule has 2 aromatic rings. The van der Waals surface area contributed by atoms with Gasteiger partial charge in [-0.2, -0.15) is 0 Å². The molecule has 17 heavy (non-hydrogen) atoms. The Kier molecular flexibility index (Phi) is 3.98. The second-order valence-electron chi connectivity index (χ2n) is 3.65. The van der Waals surface area contributed by atoms with Gasteiger partial charge in [-0.05, 0) is 46.1 Å². The number of halogens is 1. The van der Waals surface area contributed by atoms with Crippen molar-refractivity contribution in [3.63, 3.8) is 0 Å². The average Bonchev–Trinajstić information content (AvgIpc) is 2.38. The van der Waals surface area contributed by atoms with Crippen LogP contribution in [0.25, 0.3) is 0 Å². The highest BCUT2D eigenvalue weighted by atomic mass is 79.9. The number of rotatable bonds is 4. The highest BCUT2D eigenvalue weighted by molar-refractivity contribution is 9.10. The summed E-state index contributed by atoms with van der Waals surface area (Å²) in [5.74, 6) is 0.0568. The lowest BCUT2D eigenvalue weighted by Crippen LogP contribution is -2.03. The number of carbonyl (C=O) groups excluding carboxylic acids is 1. The first-order valence-electron chi connectivity index (χ1n) is 5.29. The quantitative estimate of drug-likeness (QED) is 0.813. The Bertz CT molecular complexity index is 497. The van der Waals surface area contributed by atoms with E-state index in [0.29, 0.717) is 18.5 Å². The van der Waals surface area contributed by atoms with E-state index in [4.69, 9.17) is 0 Å². The normalized spacial score (nSPS) is 10.2. The highest BCUT2D eigenvalue weighted by Gasteiger charge is 2.07. The smallest absolute Gasteiger partial charge is 0.181 e. The summed E-state index contributed by atoms with van der Waals surface area (Å²) in [7, 11) is 0. The van der Waals surface area contributed by atoms with Gasteiger partial charge in [-0.3, -0.25) is 14.8 Å². The highest BCUT2D eigenvalue weighted by Crippen LogP contribution is 2.10. The fraction of sp³-hybridized carbons (Fsp3) is 0.154. The number of carbonyl (C=O) groups is 1. The molecule has 0 atom stereocenters. The number of ketones is 1. The summed E-state index contributed by atoms with van der Waals surface area (Å²) in [5.41, 5.74) is 1.58. The summed E-state index contributed by atoms with van der Waals surface area (Å²) in [5, 5.41) is 0. The number of pyridine rings is 2. The lowest BCUT2D eigenvalue weighted by molar-refractivity contribution is 0.0978. The van der Waals surface area contributed by atoms with Gasteiger partial charge in [0.25, 0.3) is 0 Å². The van der Waals surface area contributed by atoms with Gasteiger partial charge in [0.15, 0.2) is 5.78 Å². The molecule has 0 bridgehead atoms. The van der Waals surface area contributed by atoms with E-state index in [1.807, 2.05) is 18.2 Å². The zero-order valence-electron chi connectivity index (χ0n) is 9.14. The van der Waals surface area contributed by atoms with E-state index in [2.05, 4.69) is 25.9 Å². The summed E-state index contributed by atoms with van der Waals surface area (Å²) in [6, 6.07) is 7.40. The predicted molar refractivity (Wildman–Crippen MR) is 68.8 cm³/mol. The monoisotopic (exact) mass is 290 g/mol. The number of Topliss-reactive ketones (excluding diaryl/α,β-unsaturated/α-hetero) is 1. The zero-order chi connectivity index (χ0) is 12.1. The minimum absolute atomic E-state index is 0.0568. The van der Waals surface area contributed by atoms with Crippen molar-refractivity contribution in [3.05, 3.63) is 58.6 Å². The molecular formula is C13H11BrN2O. The van der Waals surface area contributed by atoms with Crippen molar-refractivity contribution in [2.45, 2.75) is 12.8 Å². The third-order valence-electron chi connectivity index (χ3n) is 2.38. The van der Waals surface area contributed by atoms with Gasteiger partial charge in [0.1, 0.15) is 5.69 Å². The van der Waals surface area contributed by atoms with Crippen LogP contribution in [0.2, 0.25) is 0 Å². The van der Waals surface area contributed by atoms with Crippen LogP contribution < -0.4 is 0 Å². The maximum Gasteiger partial charge on any atom is 0.181 e. The molecule has 0 aromatic carbocycles. The Morgan fingerprint density at radius 3 is 2.76 bits per heavy atom. The van der Waals surface area contributed by atoms with E-state index in [0.717, 1.165) is 10.0 Å². The van der Waals surface area contributed by atoms with Crippen molar-refractivity contribution in [1.29, 1.82) is 0 Å². The molecule has 2 aromatic heterocycles. The Labute approximate surface area is 108 Å². The fourth-order valence-corrected chi connectivity index (χ4v) is 1.71. The molecule has 0 spiro atoms. The SMILES string of the molecule is O=C(CCc1cccnc1)c1ccc(Br)cn1. The number of aryl methyl sites for hydroxylation is 1. The Morgan fingerprint density at radius 1 is 1.24 bits per heavy atom. The molecule has 3 nitrogen and oxygen atoms in total. The average molecular weight is 291 g/mol. The van der Waals surface area contributed by atoms with Crippen LogP contribution in [0.4, 0.5) is 0 Å². The first-order valence-corrected chi connectivity index (χ1v) is 6.08. The summed E-state index contributed by atoms with van der Waals surface area (Å²) >= 11 is 3.29. The predicted octanol–water partition coefficient (Wildman–Crippen LogP) is 3.05. The molecule has 0 saturated carbocycles. The second-order valence-corrected chi connectivity index (χ2v) is 4.56. The minimum atomic E-state index is 0.0568. The van der Waals surface area contributed by atoms with Crippen molar-refractivity contribution >= 4 is 21.7 Å². The molecule has 0 radical (unpaired) electrons. The molecule has 0 fully saturated rings. The van der Waals surface area contributed by atoms with Crippen LogP contribution in [-0.2, 0) is 6.42 Å². The summed E-state index contributed by atoms with van der Waals surface area (Å²) in [6.45, 7) is 0. The molecule has 86 valence electrons. The van der Waals surface area contributed by atoms with Crippen LogP contribution in [0.3, 0.4) is 0 Å². The number of nitrogens with zero attached hydrogens (tertiary/aromatic N) is 2. The third kappa shape index (κ3) is 3.46. The van der Waals surface area contributed by atoms with Gasteiger partial charge >= 0.3 is 0 Å². The Morgan fingerprint density at radius 2 is 2.12 bits per heavy atom. The standard InChI is InChI=1S/C13H11BrN2O/c14-11-4-5-12(16-9-11)13(17)6-3-10-2-1-7-15-8-10/h1-2,4-5,7-9H,3,6H2. The molecule has 2 rings (SSSR count). The van der Waals surface area contributed by atoms with E-state index in [9.17, 15) is 4.79 Å². The molecule has 0 aliphatic heterocycles. The van der Waals surface area contributed by atoms with Crippen molar-refractivity contribution in [1.82, 2.24) is 9.97 Å². The van der Waals surface area contributed by atoms with Gasteiger partial charge < -0.3 is 0 Å². The summed E-state index contributed by atoms with van der Waals surface area (Å²) in [4.78, 5) is 19.9. The topological polar surface area (TPSA) is 42.9 Å². The molecule has 0 unspecified atom stereocenters.